The normalized spacial score (nSPS) is 11.8. The second-order valence-electron chi connectivity index (χ2n) is 6.11. The van der Waals surface area contributed by atoms with Gasteiger partial charge < -0.3 is 20.8 Å². The van der Waals surface area contributed by atoms with Crippen LogP contribution in [0.25, 0.3) is 0 Å². The number of carbonyl (C=O) groups is 3. The van der Waals surface area contributed by atoms with Crippen molar-refractivity contribution >= 4 is 17.8 Å². The van der Waals surface area contributed by atoms with Crippen molar-refractivity contribution in [2.45, 2.75) is 39.7 Å². The quantitative estimate of drug-likeness (QED) is 0.573. The molecule has 0 heterocycles. The molecule has 0 aliphatic rings. The number of carbonyl (C=O) groups excluding carboxylic acids is 2. The average molecular weight is 336 g/mol. The molecule has 0 fully saturated rings. The van der Waals surface area contributed by atoms with Gasteiger partial charge in [-0.3, -0.25) is 9.59 Å². The van der Waals surface area contributed by atoms with E-state index in [9.17, 15) is 19.5 Å². The Kier molecular flexibility index (Phi) is 7.23. The van der Waals surface area contributed by atoms with Crippen molar-refractivity contribution in [3.05, 3.63) is 29.3 Å². The van der Waals surface area contributed by atoms with Gasteiger partial charge in [0, 0.05) is 13.0 Å². The molecular formula is C17H24N2O5. The maximum absolute atomic E-state index is 11.9. The standard InChI is InChI=1S/C17H24N2O5/c1-10(2)8-13(17(23)24)19-15(21)6-7-18-16(22)12-5-4-11(3)9-14(12)20/h4-5,9-10,13,20H,6-8H2,1-3H3,(H,18,22)(H,19,21)(H,23,24)/t13-/m0/s1. The highest BCUT2D eigenvalue weighted by Gasteiger charge is 2.21. The zero-order valence-electron chi connectivity index (χ0n) is 14.1. The Labute approximate surface area is 141 Å². The monoisotopic (exact) mass is 336 g/mol. The number of rotatable bonds is 8. The van der Waals surface area contributed by atoms with Crippen molar-refractivity contribution in [3.63, 3.8) is 0 Å². The summed E-state index contributed by atoms with van der Waals surface area (Å²) in [7, 11) is 0. The highest BCUT2D eigenvalue weighted by atomic mass is 16.4. The predicted octanol–water partition coefficient (Wildman–Crippen LogP) is 1.44. The molecule has 0 aliphatic carbocycles. The van der Waals surface area contributed by atoms with E-state index >= 15 is 0 Å². The molecule has 0 unspecified atom stereocenters. The smallest absolute Gasteiger partial charge is 0.326 e. The first kappa shape index (κ1) is 19.5. The summed E-state index contributed by atoms with van der Waals surface area (Å²) in [5.74, 6) is -2.00. The average Bonchev–Trinajstić information content (AvgIpc) is 2.45. The molecule has 1 aromatic carbocycles. The van der Waals surface area contributed by atoms with Gasteiger partial charge in [0.1, 0.15) is 11.8 Å². The van der Waals surface area contributed by atoms with Crippen molar-refractivity contribution in [1.29, 1.82) is 0 Å². The molecule has 2 amide bonds. The number of aryl methyl sites for hydroxylation is 1. The highest BCUT2D eigenvalue weighted by Crippen LogP contribution is 2.18. The van der Waals surface area contributed by atoms with Crippen LogP contribution >= 0.6 is 0 Å². The van der Waals surface area contributed by atoms with Crippen LogP contribution in [0.15, 0.2) is 18.2 Å². The lowest BCUT2D eigenvalue weighted by molar-refractivity contribution is -0.142. The van der Waals surface area contributed by atoms with E-state index in [0.29, 0.717) is 6.42 Å². The maximum Gasteiger partial charge on any atom is 0.326 e. The summed E-state index contributed by atoms with van der Waals surface area (Å²) < 4.78 is 0. The van der Waals surface area contributed by atoms with Crippen LogP contribution in [0, 0.1) is 12.8 Å². The first-order valence-electron chi connectivity index (χ1n) is 7.80. The van der Waals surface area contributed by atoms with Gasteiger partial charge in [-0.05, 0) is 37.0 Å². The number of nitrogens with one attached hydrogen (secondary N) is 2. The Morgan fingerprint density at radius 2 is 1.88 bits per heavy atom. The Balaban J connectivity index is 2.47. The maximum atomic E-state index is 11.9. The molecule has 1 aromatic rings. The number of amides is 2. The van der Waals surface area contributed by atoms with Crippen molar-refractivity contribution < 1.29 is 24.6 Å². The number of benzene rings is 1. The Morgan fingerprint density at radius 3 is 2.42 bits per heavy atom. The molecular weight excluding hydrogens is 312 g/mol. The summed E-state index contributed by atoms with van der Waals surface area (Å²) in [6.45, 7) is 5.58. The molecule has 24 heavy (non-hydrogen) atoms. The molecule has 0 aromatic heterocycles. The zero-order chi connectivity index (χ0) is 18.3. The number of phenols is 1. The molecule has 0 saturated heterocycles. The molecule has 0 aliphatic heterocycles. The van der Waals surface area contributed by atoms with Gasteiger partial charge in [0.2, 0.25) is 5.91 Å². The summed E-state index contributed by atoms with van der Waals surface area (Å²) in [5.41, 5.74) is 0.956. The SMILES string of the molecule is Cc1ccc(C(=O)NCCC(=O)N[C@@H](CC(C)C)C(=O)O)c(O)c1. The molecule has 1 rings (SSSR count). The molecule has 132 valence electrons. The molecule has 7 heteroatoms. The fraction of sp³-hybridized carbons (Fsp3) is 0.471. The van der Waals surface area contributed by atoms with Crippen LogP contribution in [-0.4, -0.2) is 40.6 Å². The van der Waals surface area contributed by atoms with E-state index in [2.05, 4.69) is 10.6 Å². The highest BCUT2D eigenvalue weighted by molar-refractivity contribution is 5.97. The van der Waals surface area contributed by atoms with Crippen LogP contribution in [0.1, 0.15) is 42.6 Å². The summed E-state index contributed by atoms with van der Waals surface area (Å²) >= 11 is 0. The van der Waals surface area contributed by atoms with Gasteiger partial charge in [-0.15, -0.1) is 0 Å². The number of carboxylic acid groups (broad SMARTS) is 1. The number of hydrogen-bond acceptors (Lipinski definition) is 4. The van der Waals surface area contributed by atoms with Crippen molar-refractivity contribution in [3.8, 4) is 5.75 Å². The first-order chi connectivity index (χ1) is 11.2. The van der Waals surface area contributed by atoms with Gasteiger partial charge in [-0.1, -0.05) is 19.9 Å². The van der Waals surface area contributed by atoms with E-state index in [-0.39, 0.29) is 30.2 Å². The van der Waals surface area contributed by atoms with E-state index in [4.69, 9.17) is 5.11 Å². The van der Waals surface area contributed by atoms with Gasteiger partial charge in [-0.2, -0.15) is 0 Å². The summed E-state index contributed by atoms with van der Waals surface area (Å²) in [6, 6.07) is 3.74. The molecule has 0 spiro atoms. The lowest BCUT2D eigenvalue weighted by atomic mass is 10.0. The molecule has 1 atom stereocenters. The lowest BCUT2D eigenvalue weighted by Gasteiger charge is -2.16. The van der Waals surface area contributed by atoms with Crippen LogP contribution < -0.4 is 10.6 Å². The number of carboxylic acids is 1. The molecule has 0 radical (unpaired) electrons. The Bertz CT molecular complexity index is 613. The van der Waals surface area contributed by atoms with Gasteiger partial charge in [-0.25, -0.2) is 4.79 Å². The molecule has 7 nitrogen and oxygen atoms in total. The number of phenolic OH excluding ortho intramolecular Hbond substituents is 1. The van der Waals surface area contributed by atoms with Crippen LogP contribution in [0.5, 0.6) is 5.75 Å². The Morgan fingerprint density at radius 1 is 1.21 bits per heavy atom. The summed E-state index contributed by atoms with van der Waals surface area (Å²) in [6.07, 6.45) is 0.297. The number of aliphatic carboxylic acids is 1. The Hall–Kier alpha value is -2.57. The molecule has 4 N–H and O–H groups in total. The van der Waals surface area contributed by atoms with E-state index < -0.39 is 23.8 Å². The van der Waals surface area contributed by atoms with Crippen molar-refractivity contribution in [1.82, 2.24) is 10.6 Å². The topological polar surface area (TPSA) is 116 Å². The van der Waals surface area contributed by atoms with E-state index in [1.807, 2.05) is 13.8 Å². The minimum atomic E-state index is -1.08. The van der Waals surface area contributed by atoms with Crippen LogP contribution in [0.3, 0.4) is 0 Å². The third-order valence-corrected chi connectivity index (χ3v) is 3.38. The first-order valence-corrected chi connectivity index (χ1v) is 7.80. The zero-order valence-corrected chi connectivity index (χ0v) is 14.1. The second kappa shape index (κ2) is 8.90. The minimum absolute atomic E-state index is 0.0414. The molecule has 0 bridgehead atoms. The fourth-order valence-corrected chi connectivity index (χ4v) is 2.18. The van der Waals surface area contributed by atoms with Crippen molar-refractivity contribution in [2.75, 3.05) is 6.54 Å². The van der Waals surface area contributed by atoms with Crippen LogP contribution in [-0.2, 0) is 9.59 Å². The van der Waals surface area contributed by atoms with Gasteiger partial charge >= 0.3 is 5.97 Å². The van der Waals surface area contributed by atoms with Crippen LogP contribution in [0.4, 0.5) is 0 Å². The van der Waals surface area contributed by atoms with Crippen molar-refractivity contribution in [2.24, 2.45) is 5.92 Å². The lowest BCUT2D eigenvalue weighted by Crippen LogP contribution is -2.42. The van der Waals surface area contributed by atoms with Gasteiger partial charge in [0.15, 0.2) is 0 Å². The van der Waals surface area contributed by atoms with E-state index in [1.165, 1.54) is 12.1 Å². The van der Waals surface area contributed by atoms with Gasteiger partial charge in [0.05, 0.1) is 5.56 Å². The predicted molar refractivity (Wildman–Crippen MR) is 88.8 cm³/mol. The molecule has 0 saturated carbocycles. The number of aromatic hydroxyl groups is 1. The number of hydrogen-bond donors (Lipinski definition) is 4. The van der Waals surface area contributed by atoms with E-state index in [0.717, 1.165) is 5.56 Å². The van der Waals surface area contributed by atoms with Gasteiger partial charge in [0.25, 0.3) is 5.91 Å². The van der Waals surface area contributed by atoms with Crippen LogP contribution in [0.2, 0.25) is 0 Å². The summed E-state index contributed by atoms with van der Waals surface area (Å²) in [4.78, 5) is 34.8. The minimum Gasteiger partial charge on any atom is -0.507 e. The van der Waals surface area contributed by atoms with E-state index in [1.54, 1.807) is 13.0 Å². The largest absolute Gasteiger partial charge is 0.507 e. The third kappa shape index (κ3) is 6.28. The summed E-state index contributed by atoms with van der Waals surface area (Å²) in [5, 5.41) is 23.8. The fourth-order valence-electron chi connectivity index (χ4n) is 2.18. The second-order valence-corrected chi connectivity index (χ2v) is 6.11. The third-order valence-electron chi connectivity index (χ3n) is 3.38.